The summed E-state index contributed by atoms with van der Waals surface area (Å²) in [6, 6.07) is 3.47. The van der Waals surface area contributed by atoms with Crippen LogP contribution in [-0.4, -0.2) is 13.9 Å². The maximum Gasteiger partial charge on any atom is 0.231 e. The Morgan fingerprint density at radius 2 is 2.08 bits per heavy atom. The zero-order chi connectivity index (χ0) is 9.26. The minimum absolute atomic E-state index is 0.243. The summed E-state index contributed by atoms with van der Waals surface area (Å²) in [4.78, 5) is 0. The fraction of sp³-hybridized carbons (Fsp3) is 0.250. The zero-order valence-corrected chi connectivity index (χ0v) is 7.16. The van der Waals surface area contributed by atoms with Crippen LogP contribution in [-0.2, 0) is 0 Å². The lowest BCUT2D eigenvalue weighted by atomic mass is 10.2. The molecule has 1 aromatic rings. The Kier molecular flexibility index (Phi) is 1.86. The van der Waals surface area contributed by atoms with Crippen molar-refractivity contribution in [3.63, 3.8) is 0 Å². The summed E-state index contributed by atoms with van der Waals surface area (Å²) >= 11 is 0. The van der Waals surface area contributed by atoms with Gasteiger partial charge in [-0.25, -0.2) is 0 Å². The molecular formula is C8H10N2O3. The second-order valence-electron chi connectivity index (χ2n) is 2.55. The van der Waals surface area contributed by atoms with Crippen LogP contribution in [0, 0.1) is 0 Å². The number of methoxy groups -OCH3 is 1. The molecule has 1 aliphatic heterocycles. The third kappa shape index (κ3) is 1.23. The number of nitrogens with one attached hydrogen (secondary N) is 1. The minimum Gasteiger partial charge on any atom is -0.494 e. The number of fused-ring (bicyclic) bond motifs is 1. The average molecular weight is 182 g/mol. The molecule has 0 amide bonds. The van der Waals surface area contributed by atoms with Crippen molar-refractivity contribution in [3.8, 4) is 17.2 Å². The van der Waals surface area contributed by atoms with E-state index in [1.54, 1.807) is 19.2 Å². The summed E-state index contributed by atoms with van der Waals surface area (Å²) in [5.41, 5.74) is 3.19. The van der Waals surface area contributed by atoms with Crippen LogP contribution >= 0.6 is 0 Å². The fourth-order valence-electron chi connectivity index (χ4n) is 1.21. The number of hydrogen-bond donors (Lipinski definition) is 2. The molecule has 0 atom stereocenters. The third-order valence-corrected chi connectivity index (χ3v) is 1.85. The standard InChI is InChI=1S/C8H10N2O3/c1-11-6-3-8-7(12-4-13-8)2-5(6)10-9/h2-3,10H,4,9H2,1H3. The van der Waals surface area contributed by atoms with Gasteiger partial charge in [0, 0.05) is 12.1 Å². The van der Waals surface area contributed by atoms with Crippen molar-refractivity contribution >= 4 is 5.69 Å². The van der Waals surface area contributed by atoms with Gasteiger partial charge in [-0.3, -0.25) is 5.84 Å². The predicted molar refractivity (Wildman–Crippen MR) is 46.9 cm³/mol. The van der Waals surface area contributed by atoms with Crippen molar-refractivity contribution in [2.75, 3.05) is 19.3 Å². The quantitative estimate of drug-likeness (QED) is 0.521. The van der Waals surface area contributed by atoms with Gasteiger partial charge in [0.15, 0.2) is 11.5 Å². The summed E-state index contributed by atoms with van der Waals surface area (Å²) in [7, 11) is 1.57. The van der Waals surface area contributed by atoms with Crippen molar-refractivity contribution in [2.45, 2.75) is 0 Å². The first-order valence-electron chi connectivity index (χ1n) is 3.79. The van der Waals surface area contributed by atoms with Gasteiger partial charge in [-0.05, 0) is 0 Å². The number of anilines is 1. The normalized spacial score (nSPS) is 12.8. The molecule has 3 N–H and O–H groups in total. The highest BCUT2D eigenvalue weighted by molar-refractivity contribution is 5.64. The minimum atomic E-state index is 0.243. The van der Waals surface area contributed by atoms with Gasteiger partial charge in [0.25, 0.3) is 0 Å². The van der Waals surface area contributed by atoms with Gasteiger partial charge in [0.05, 0.1) is 12.8 Å². The van der Waals surface area contributed by atoms with Crippen molar-refractivity contribution in [2.24, 2.45) is 5.84 Å². The van der Waals surface area contributed by atoms with Crippen LogP contribution in [0.2, 0.25) is 0 Å². The Labute approximate surface area is 75.4 Å². The van der Waals surface area contributed by atoms with Crippen LogP contribution in [0.15, 0.2) is 12.1 Å². The van der Waals surface area contributed by atoms with Crippen LogP contribution in [0.4, 0.5) is 5.69 Å². The second kappa shape index (κ2) is 3.02. The van der Waals surface area contributed by atoms with Gasteiger partial charge >= 0.3 is 0 Å². The van der Waals surface area contributed by atoms with E-state index in [0.717, 1.165) is 0 Å². The van der Waals surface area contributed by atoms with Gasteiger partial charge in [-0.1, -0.05) is 0 Å². The molecule has 0 aromatic heterocycles. The number of hydrogen-bond acceptors (Lipinski definition) is 5. The van der Waals surface area contributed by atoms with Gasteiger partial charge in [0.1, 0.15) is 5.75 Å². The molecular weight excluding hydrogens is 172 g/mol. The van der Waals surface area contributed by atoms with E-state index in [9.17, 15) is 0 Å². The maximum absolute atomic E-state index is 5.29. The first-order valence-corrected chi connectivity index (χ1v) is 3.79. The highest BCUT2D eigenvalue weighted by Crippen LogP contribution is 2.40. The summed E-state index contributed by atoms with van der Waals surface area (Å²) in [5.74, 6) is 7.28. The molecule has 70 valence electrons. The molecule has 0 unspecified atom stereocenters. The Hall–Kier alpha value is -1.62. The van der Waals surface area contributed by atoms with Crippen LogP contribution in [0.1, 0.15) is 0 Å². The van der Waals surface area contributed by atoms with Crippen LogP contribution in [0.3, 0.4) is 0 Å². The summed E-state index contributed by atoms with van der Waals surface area (Å²) in [5, 5.41) is 0. The predicted octanol–water partition coefficient (Wildman–Crippen LogP) is 0.710. The fourth-order valence-corrected chi connectivity index (χ4v) is 1.21. The molecule has 1 aromatic carbocycles. The molecule has 0 radical (unpaired) electrons. The summed E-state index contributed by atoms with van der Waals surface area (Å²) < 4.78 is 15.4. The number of ether oxygens (including phenoxy) is 3. The monoisotopic (exact) mass is 182 g/mol. The molecule has 5 nitrogen and oxygen atoms in total. The van der Waals surface area contributed by atoms with Crippen molar-refractivity contribution in [1.82, 2.24) is 0 Å². The van der Waals surface area contributed by atoms with Crippen LogP contribution < -0.4 is 25.5 Å². The van der Waals surface area contributed by atoms with E-state index in [1.807, 2.05) is 0 Å². The van der Waals surface area contributed by atoms with E-state index in [1.165, 1.54) is 0 Å². The highest BCUT2D eigenvalue weighted by atomic mass is 16.7. The molecule has 0 spiro atoms. The SMILES string of the molecule is COc1cc2c(cc1NN)OCO2. The molecule has 0 saturated carbocycles. The lowest BCUT2D eigenvalue weighted by Crippen LogP contribution is -2.07. The Balaban J connectivity index is 2.47. The van der Waals surface area contributed by atoms with Crippen molar-refractivity contribution in [3.05, 3.63) is 12.1 Å². The average Bonchev–Trinajstić information content (AvgIpc) is 2.62. The van der Waals surface area contributed by atoms with E-state index < -0.39 is 0 Å². The van der Waals surface area contributed by atoms with Gasteiger partial charge < -0.3 is 19.6 Å². The number of nitrogens with two attached hydrogens (primary N) is 1. The van der Waals surface area contributed by atoms with Gasteiger partial charge in [-0.15, -0.1) is 0 Å². The van der Waals surface area contributed by atoms with Crippen molar-refractivity contribution < 1.29 is 14.2 Å². The molecule has 0 bridgehead atoms. The Morgan fingerprint density at radius 3 is 2.69 bits per heavy atom. The van der Waals surface area contributed by atoms with Crippen LogP contribution in [0.5, 0.6) is 17.2 Å². The van der Waals surface area contributed by atoms with E-state index in [0.29, 0.717) is 22.9 Å². The lowest BCUT2D eigenvalue weighted by Gasteiger charge is -2.08. The molecule has 2 rings (SSSR count). The van der Waals surface area contributed by atoms with E-state index in [-0.39, 0.29) is 6.79 Å². The van der Waals surface area contributed by atoms with Crippen LogP contribution in [0.25, 0.3) is 0 Å². The van der Waals surface area contributed by atoms with E-state index in [2.05, 4.69) is 5.43 Å². The summed E-state index contributed by atoms with van der Waals surface area (Å²) in [6.45, 7) is 0.243. The summed E-state index contributed by atoms with van der Waals surface area (Å²) in [6.07, 6.45) is 0. The van der Waals surface area contributed by atoms with E-state index in [4.69, 9.17) is 20.1 Å². The maximum atomic E-state index is 5.29. The first-order chi connectivity index (χ1) is 6.35. The lowest BCUT2D eigenvalue weighted by molar-refractivity contribution is 0.174. The van der Waals surface area contributed by atoms with Gasteiger partial charge in [0.2, 0.25) is 6.79 Å². The molecule has 0 fully saturated rings. The third-order valence-electron chi connectivity index (χ3n) is 1.85. The first kappa shape index (κ1) is 8.00. The number of nitrogen functional groups attached to an aromatic ring is 1. The smallest absolute Gasteiger partial charge is 0.231 e. The highest BCUT2D eigenvalue weighted by Gasteiger charge is 2.16. The Morgan fingerprint density at radius 1 is 1.38 bits per heavy atom. The zero-order valence-electron chi connectivity index (χ0n) is 7.16. The number of rotatable bonds is 2. The second-order valence-corrected chi connectivity index (χ2v) is 2.55. The molecule has 0 aliphatic carbocycles. The molecule has 5 heteroatoms. The van der Waals surface area contributed by atoms with Gasteiger partial charge in [-0.2, -0.15) is 0 Å². The molecule has 0 saturated heterocycles. The molecule has 1 aliphatic rings. The topological polar surface area (TPSA) is 65.7 Å². The number of hydrazine groups is 1. The Bertz CT molecular complexity index is 296. The molecule has 13 heavy (non-hydrogen) atoms. The van der Waals surface area contributed by atoms with E-state index >= 15 is 0 Å². The largest absolute Gasteiger partial charge is 0.494 e. The number of benzene rings is 1. The molecule has 1 heterocycles. The van der Waals surface area contributed by atoms with Crippen molar-refractivity contribution in [1.29, 1.82) is 0 Å².